The molecular formula is C23H34N4O5S. The number of carboxylic acid groups (broad SMARTS) is 1. The van der Waals surface area contributed by atoms with Crippen molar-refractivity contribution in [3.8, 4) is 0 Å². The lowest BCUT2D eigenvalue weighted by Crippen LogP contribution is -2.58. The first-order valence-corrected chi connectivity index (χ1v) is 11.9. The van der Waals surface area contributed by atoms with Crippen LogP contribution < -0.4 is 16.4 Å². The van der Waals surface area contributed by atoms with Gasteiger partial charge in [-0.15, -0.1) is 0 Å². The summed E-state index contributed by atoms with van der Waals surface area (Å²) in [4.78, 5) is 51.6. The van der Waals surface area contributed by atoms with Crippen LogP contribution >= 0.6 is 12.6 Å². The minimum atomic E-state index is -1.15. The molecule has 2 rings (SSSR count). The molecule has 3 amide bonds. The summed E-state index contributed by atoms with van der Waals surface area (Å²) in [5, 5.41) is 14.8. The topological polar surface area (TPSA) is 142 Å². The second kappa shape index (κ2) is 12.6. The second-order valence-corrected chi connectivity index (χ2v) is 8.80. The van der Waals surface area contributed by atoms with Crippen molar-refractivity contribution in [3.63, 3.8) is 0 Å². The molecule has 33 heavy (non-hydrogen) atoms. The Hall–Kier alpha value is -2.59. The van der Waals surface area contributed by atoms with Crippen molar-refractivity contribution in [1.82, 2.24) is 15.5 Å². The fraction of sp³-hybridized carbons (Fsp3) is 0.565. The number of carbonyl (C=O) groups excluding carboxylic acids is 3. The summed E-state index contributed by atoms with van der Waals surface area (Å²) in [6.45, 7) is 4.12. The Balaban J connectivity index is 2.06. The number of hydrogen-bond acceptors (Lipinski definition) is 6. The molecule has 182 valence electrons. The number of thiol groups is 1. The molecule has 1 heterocycles. The van der Waals surface area contributed by atoms with Gasteiger partial charge in [-0.25, -0.2) is 4.79 Å². The standard InChI is InChI=1S/C23H34N4O5S/c1-3-14(2)19(24)21(29)26-17(13-33)22(30)27-11-7-10-18(27)20(28)25-16(23(31)32)12-15-8-5-4-6-9-15/h4-6,8-9,14,16-19,33H,3,7,10-13,24H2,1-2H3,(H,25,28)(H,26,29)(H,31,32). The Kier molecular flexibility index (Phi) is 10.2. The molecule has 1 fully saturated rings. The van der Waals surface area contributed by atoms with Crippen LogP contribution in [0.25, 0.3) is 0 Å². The zero-order valence-electron chi connectivity index (χ0n) is 19.1. The molecule has 1 saturated heterocycles. The molecule has 5 N–H and O–H groups in total. The number of carbonyl (C=O) groups is 4. The highest BCUT2D eigenvalue weighted by atomic mass is 32.1. The number of aliphatic carboxylic acids is 1. The number of nitrogens with zero attached hydrogens (tertiary/aromatic N) is 1. The zero-order chi connectivity index (χ0) is 24.5. The van der Waals surface area contributed by atoms with Gasteiger partial charge in [-0.05, 0) is 24.3 Å². The average molecular weight is 479 g/mol. The largest absolute Gasteiger partial charge is 0.480 e. The highest BCUT2D eigenvalue weighted by molar-refractivity contribution is 7.80. The Bertz CT molecular complexity index is 837. The van der Waals surface area contributed by atoms with Crippen molar-refractivity contribution >= 4 is 36.3 Å². The Morgan fingerprint density at radius 3 is 2.42 bits per heavy atom. The molecular weight excluding hydrogens is 444 g/mol. The van der Waals surface area contributed by atoms with Crippen molar-refractivity contribution < 1.29 is 24.3 Å². The molecule has 0 saturated carbocycles. The summed E-state index contributed by atoms with van der Waals surface area (Å²) in [5.41, 5.74) is 6.75. The van der Waals surface area contributed by atoms with E-state index in [0.29, 0.717) is 19.4 Å². The predicted octanol–water partition coefficient (Wildman–Crippen LogP) is 0.578. The second-order valence-electron chi connectivity index (χ2n) is 8.43. The normalized spacial score (nSPS) is 19.3. The lowest BCUT2D eigenvalue weighted by atomic mass is 9.99. The number of hydrogen-bond donors (Lipinski definition) is 5. The first-order valence-electron chi connectivity index (χ1n) is 11.2. The maximum absolute atomic E-state index is 13.1. The minimum absolute atomic E-state index is 0.0500. The smallest absolute Gasteiger partial charge is 0.326 e. The average Bonchev–Trinajstić information content (AvgIpc) is 3.31. The van der Waals surface area contributed by atoms with E-state index in [1.54, 1.807) is 24.3 Å². The maximum Gasteiger partial charge on any atom is 0.326 e. The monoisotopic (exact) mass is 478 g/mol. The van der Waals surface area contributed by atoms with E-state index >= 15 is 0 Å². The molecule has 5 unspecified atom stereocenters. The quantitative estimate of drug-likeness (QED) is 0.295. The number of amides is 3. The summed E-state index contributed by atoms with van der Waals surface area (Å²) in [6, 6.07) is 5.39. The van der Waals surface area contributed by atoms with Gasteiger partial charge < -0.3 is 26.4 Å². The van der Waals surface area contributed by atoms with Crippen molar-refractivity contribution in [2.75, 3.05) is 12.3 Å². The van der Waals surface area contributed by atoms with E-state index in [4.69, 9.17) is 5.73 Å². The minimum Gasteiger partial charge on any atom is -0.480 e. The van der Waals surface area contributed by atoms with Gasteiger partial charge in [-0.2, -0.15) is 12.6 Å². The van der Waals surface area contributed by atoms with E-state index in [1.165, 1.54) is 4.90 Å². The molecule has 5 atom stereocenters. The maximum atomic E-state index is 13.1. The van der Waals surface area contributed by atoms with E-state index in [0.717, 1.165) is 12.0 Å². The van der Waals surface area contributed by atoms with E-state index in [2.05, 4.69) is 23.3 Å². The SMILES string of the molecule is CCC(C)C(N)C(=O)NC(CS)C(=O)N1CCCC1C(=O)NC(Cc1ccccc1)C(=O)O. The third-order valence-corrected chi connectivity index (χ3v) is 6.46. The number of nitrogens with one attached hydrogen (secondary N) is 2. The van der Waals surface area contributed by atoms with Gasteiger partial charge in [-0.1, -0.05) is 50.6 Å². The number of rotatable bonds is 11. The van der Waals surface area contributed by atoms with Crippen LogP contribution in [0.5, 0.6) is 0 Å². The van der Waals surface area contributed by atoms with Gasteiger partial charge in [0.25, 0.3) is 0 Å². The van der Waals surface area contributed by atoms with Gasteiger partial charge in [0.1, 0.15) is 18.1 Å². The van der Waals surface area contributed by atoms with Gasteiger partial charge >= 0.3 is 5.97 Å². The molecule has 9 nitrogen and oxygen atoms in total. The van der Waals surface area contributed by atoms with Crippen LogP contribution in [0.1, 0.15) is 38.7 Å². The highest BCUT2D eigenvalue weighted by Gasteiger charge is 2.39. The molecule has 0 spiro atoms. The molecule has 1 aliphatic heterocycles. The number of carboxylic acids is 1. The van der Waals surface area contributed by atoms with E-state index < -0.39 is 47.9 Å². The third-order valence-electron chi connectivity index (χ3n) is 6.09. The van der Waals surface area contributed by atoms with Crippen LogP contribution in [0, 0.1) is 5.92 Å². The summed E-state index contributed by atoms with van der Waals surface area (Å²) >= 11 is 4.20. The van der Waals surface area contributed by atoms with E-state index in [9.17, 15) is 24.3 Å². The first kappa shape index (κ1) is 26.7. The van der Waals surface area contributed by atoms with Crippen LogP contribution in [0.2, 0.25) is 0 Å². The first-order chi connectivity index (χ1) is 15.7. The van der Waals surface area contributed by atoms with Crippen molar-refractivity contribution in [2.45, 2.75) is 63.7 Å². The molecule has 0 aromatic heterocycles. The van der Waals surface area contributed by atoms with E-state index in [1.807, 2.05) is 19.9 Å². The lowest BCUT2D eigenvalue weighted by molar-refractivity contribution is -0.144. The van der Waals surface area contributed by atoms with Crippen LogP contribution in [0.3, 0.4) is 0 Å². The van der Waals surface area contributed by atoms with Crippen molar-refractivity contribution in [1.29, 1.82) is 0 Å². The molecule has 1 aromatic carbocycles. The lowest BCUT2D eigenvalue weighted by Gasteiger charge is -2.29. The Morgan fingerprint density at radius 2 is 1.85 bits per heavy atom. The van der Waals surface area contributed by atoms with Gasteiger partial charge in [0.05, 0.1) is 6.04 Å². The summed E-state index contributed by atoms with van der Waals surface area (Å²) in [5.74, 6) is -2.54. The van der Waals surface area contributed by atoms with Gasteiger partial charge in [0.2, 0.25) is 17.7 Å². The summed E-state index contributed by atoms with van der Waals surface area (Å²) in [7, 11) is 0. The molecule has 0 radical (unpaired) electrons. The Labute approximate surface area is 199 Å². The van der Waals surface area contributed by atoms with Crippen molar-refractivity contribution in [2.24, 2.45) is 11.7 Å². The van der Waals surface area contributed by atoms with Crippen LogP contribution in [0.15, 0.2) is 30.3 Å². The summed E-state index contributed by atoms with van der Waals surface area (Å²) < 4.78 is 0. The fourth-order valence-corrected chi connectivity index (χ4v) is 4.03. The van der Waals surface area contributed by atoms with Crippen molar-refractivity contribution in [3.05, 3.63) is 35.9 Å². The van der Waals surface area contributed by atoms with Gasteiger partial charge in [0.15, 0.2) is 0 Å². The molecule has 0 bridgehead atoms. The highest BCUT2D eigenvalue weighted by Crippen LogP contribution is 2.20. The number of nitrogens with two attached hydrogens (primary N) is 1. The number of benzene rings is 1. The van der Waals surface area contributed by atoms with E-state index in [-0.39, 0.29) is 18.1 Å². The Morgan fingerprint density at radius 1 is 1.18 bits per heavy atom. The van der Waals surface area contributed by atoms with Crippen LogP contribution in [-0.2, 0) is 25.6 Å². The number of likely N-dealkylation sites (tertiary alicyclic amines) is 1. The van der Waals surface area contributed by atoms with Gasteiger partial charge in [-0.3, -0.25) is 14.4 Å². The molecule has 10 heteroatoms. The van der Waals surface area contributed by atoms with Crippen LogP contribution in [0.4, 0.5) is 0 Å². The third kappa shape index (κ3) is 7.20. The van der Waals surface area contributed by atoms with Crippen LogP contribution in [-0.4, -0.2) is 70.2 Å². The summed E-state index contributed by atoms with van der Waals surface area (Å²) in [6.07, 6.45) is 1.86. The van der Waals surface area contributed by atoms with Gasteiger partial charge in [0, 0.05) is 18.7 Å². The molecule has 1 aliphatic rings. The fourth-order valence-electron chi connectivity index (χ4n) is 3.79. The zero-order valence-corrected chi connectivity index (χ0v) is 20.0. The molecule has 0 aliphatic carbocycles. The molecule has 1 aromatic rings. The predicted molar refractivity (Wildman–Crippen MR) is 128 cm³/mol.